The summed E-state index contributed by atoms with van der Waals surface area (Å²) in [6, 6.07) is 26.0. The van der Waals surface area contributed by atoms with E-state index in [-0.39, 0.29) is 17.9 Å². The summed E-state index contributed by atoms with van der Waals surface area (Å²) in [5.74, 6) is -0.180. The summed E-state index contributed by atoms with van der Waals surface area (Å²) in [5.41, 5.74) is 5.41. The second-order valence-corrected chi connectivity index (χ2v) is 14.0. The van der Waals surface area contributed by atoms with Crippen molar-refractivity contribution in [2.45, 2.75) is 64.6 Å². The highest BCUT2D eigenvalue weighted by Gasteiger charge is 2.36. The molecule has 6 rings (SSSR count). The summed E-state index contributed by atoms with van der Waals surface area (Å²) in [6.45, 7) is 6.60. The molecule has 1 saturated heterocycles. The molecule has 242 valence electrons. The van der Waals surface area contributed by atoms with E-state index in [0.29, 0.717) is 13.0 Å². The van der Waals surface area contributed by atoms with Crippen molar-refractivity contribution in [3.8, 4) is 32.0 Å². The third-order valence-corrected chi connectivity index (χ3v) is 10.6. The largest absolute Gasteiger partial charge is 0.341 e. The highest BCUT2D eigenvalue weighted by Crippen LogP contribution is 2.39. The van der Waals surface area contributed by atoms with Gasteiger partial charge in [0.25, 0.3) is 0 Å². The van der Waals surface area contributed by atoms with Crippen molar-refractivity contribution in [1.82, 2.24) is 25.5 Å². The third-order valence-electron chi connectivity index (χ3n) is 8.44. The minimum atomic E-state index is -0.704. The lowest BCUT2D eigenvalue weighted by Gasteiger charge is -2.28. The molecule has 0 aliphatic carbocycles. The molecular weight excluding hydrogens is 623 g/mol. The molecule has 1 fully saturated rings. The second kappa shape index (κ2) is 15.6. The van der Waals surface area contributed by atoms with Crippen LogP contribution >= 0.6 is 22.7 Å². The summed E-state index contributed by atoms with van der Waals surface area (Å²) in [6.07, 6.45) is 7.89. The number of carbonyl (C=O) groups excluding carboxylic acids is 2. The van der Waals surface area contributed by atoms with Crippen molar-refractivity contribution in [2.75, 3.05) is 13.1 Å². The van der Waals surface area contributed by atoms with Crippen molar-refractivity contribution in [3.63, 3.8) is 0 Å². The van der Waals surface area contributed by atoms with Gasteiger partial charge in [0.05, 0.1) is 15.8 Å². The van der Waals surface area contributed by atoms with E-state index in [9.17, 15) is 9.59 Å². The quantitative estimate of drug-likeness (QED) is 0.124. The predicted octanol–water partition coefficient (Wildman–Crippen LogP) is 8.42. The van der Waals surface area contributed by atoms with Crippen LogP contribution in [0.15, 0.2) is 91.3 Å². The summed E-state index contributed by atoms with van der Waals surface area (Å²) in [5, 5.41) is 8.47. The molecule has 0 bridgehead atoms. The monoisotopic (exact) mass is 663 g/mol. The maximum absolute atomic E-state index is 14.0. The Bertz CT molecular complexity index is 1770. The maximum Gasteiger partial charge on any atom is 0.250 e. The molecule has 2 atom stereocenters. The Hall–Kier alpha value is -4.18. The van der Waals surface area contributed by atoms with Crippen LogP contribution in [0.1, 0.15) is 73.6 Å². The lowest BCUT2D eigenvalue weighted by molar-refractivity contribution is -0.137. The van der Waals surface area contributed by atoms with Gasteiger partial charge in [-0.25, -0.2) is 9.97 Å². The smallest absolute Gasteiger partial charge is 0.250 e. The number of hydrogen-bond donors (Lipinski definition) is 2. The van der Waals surface area contributed by atoms with E-state index in [1.165, 1.54) is 16.0 Å². The molecule has 1 aliphatic rings. The van der Waals surface area contributed by atoms with Gasteiger partial charge in [0.2, 0.25) is 11.8 Å². The number of nitrogens with one attached hydrogen (secondary N) is 2. The maximum atomic E-state index is 14.0. The Morgan fingerprint density at radius 1 is 0.830 bits per heavy atom. The van der Waals surface area contributed by atoms with Crippen molar-refractivity contribution < 1.29 is 9.59 Å². The third kappa shape index (κ3) is 7.87. The van der Waals surface area contributed by atoms with Crippen LogP contribution in [0.25, 0.3) is 32.0 Å². The zero-order chi connectivity index (χ0) is 32.6. The minimum absolute atomic E-state index is 0.0740. The first-order chi connectivity index (χ1) is 23.0. The van der Waals surface area contributed by atoms with Crippen molar-refractivity contribution in [2.24, 2.45) is 0 Å². The summed E-state index contributed by atoms with van der Waals surface area (Å²) < 4.78 is 0. The number of hydrogen-bond acceptors (Lipinski definition) is 7. The van der Waals surface area contributed by atoms with Crippen molar-refractivity contribution >= 4 is 34.5 Å². The molecule has 0 saturated carbocycles. The highest BCUT2D eigenvalue weighted by molar-refractivity contribution is 7.15. The Labute approximate surface area is 285 Å². The molecule has 2 unspecified atom stereocenters. The van der Waals surface area contributed by atoms with Gasteiger partial charge in [-0.1, -0.05) is 92.7 Å². The van der Waals surface area contributed by atoms with E-state index in [1.54, 1.807) is 22.7 Å². The number of aromatic nitrogens is 2. The summed E-state index contributed by atoms with van der Waals surface area (Å²) >= 11 is 3.38. The Morgan fingerprint density at radius 2 is 1.47 bits per heavy atom. The number of benzene rings is 3. The van der Waals surface area contributed by atoms with Gasteiger partial charge < -0.3 is 15.5 Å². The number of thiazole rings is 2. The Morgan fingerprint density at radius 3 is 2.13 bits per heavy atom. The van der Waals surface area contributed by atoms with Gasteiger partial charge in [0, 0.05) is 31.9 Å². The van der Waals surface area contributed by atoms with Gasteiger partial charge in [-0.2, -0.15) is 0 Å². The van der Waals surface area contributed by atoms with E-state index in [2.05, 4.69) is 71.1 Å². The van der Waals surface area contributed by atoms with Crippen LogP contribution in [0, 0.1) is 0 Å². The number of rotatable bonds is 13. The molecule has 3 heterocycles. The normalized spacial score (nSPS) is 15.1. The van der Waals surface area contributed by atoms with Crippen molar-refractivity contribution in [1.29, 1.82) is 0 Å². The summed E-state index contributed by atoms with van der Waals surface area (Å²) in [7, 11) is 0. The molecule has 9 heteroatoms. The van der Waals surface area contributed by atoms with Crippen LogP contribution in [-0.4, -0.2) is 39.8 Å². The molecule has 7 nitrogen and oxygen atoms in total. The number of likely N-dealkylation sites (tertiary alicyclic amines) is 1. The molecule has 2 N–H and O–H groups in total. The van der Waals surface area contributed by atoms with Gasteiger partial charge in [-0.3, -0.25) is 9.59 Å². The van der Waals surface area contributed by atoms with Crippen molar-refractivity contribution in [3.05, 3.63) is 107 Å². The number of amides is 2. The lowest BCUT2D eigenvalue weighted by Crippen LogP contribution is -2.42. The van der Waals surface area contributed by atoms with Crippen LogP contribution in [0.3, 0.4) is 0 Å². The van der Waals surface area contributed by atoms with Gasteiger partial charge in [0.15, 0.2) is 0 Å². The van der Waals surface area contributed by atoms with Crippen LogP contribution in [0.2, 0.25) is 0 Å². The van der Waals surface area contributed by atoms with Crippen LogP contribution in [0.4, 0.5) is 0 Å². The van der Waals surface area contributed by atoms with Gasteiger partial charge in [-0.15, -0.1) is 22.7 Å². The van der Waals surface area contributed by atoms with E-state index in [0.717, 1.165) is 70.4 Å². The fourth-order valence-corrected chi connectivity index (χ4v) is 7.94. The van der Waals surface area contributed by atoms with Gasteiger partial charge in [0.1, 0.15) is 16.1 Å². The molecule has 0 radical (unpaired) electrons. The molecule has 2 amide bonds. The average Bonchev–Trinajstić information content (AvgIpc) is 3.89. The molecule has 3 aromatic carbocycles. The standard InChI is InChI=1S/C38H41N5O2S2/c1-3-9-34(44)42-36(30-10-6-5-7-11-30)38(45)43-22-8-12-31(43)37-41-24-33(47-37)29-19-15-27(16-20-29)26-13-17-28(18-14-26)32-23-40-35(46-32)25-39-21-4-2/h5-7,10-11,13-20,23-24,31,36,39H,3-4,8-9,12,21-22,25H2,1-2H3,(H,42,44). The molecular formula is C38H41N5O2S2. The first-order valence-corrected chi connectivity index (χ1v) is 18.1. The highest BCUT2D eigenvalue weighted by atomic mass is 32.1. The topological polar surface area (TPSA) is 87.2 Å². The fraction of sp³-hybridized carbons (Fsp3) is 0.316. The minimum Gasteiger partial charge on any atom is -0.341 e. The number of carbonyl (C=O) groups is 2. The molecule has 0 spiro atoms. The average molecular weight is 664 g/mol. The zero-order valence-electron chi connectivity index (χ0n) is 26.9. The molecule has 5 aromatic rings. The van der Waals surface area contributed by atoms with E-state index in [4.69, 9.17) is 4.98 Å². The van der Waals surface area contributed by atoms with E-state index < -0.39 is 6.04 Å². The molecule has 2 aromatic heterocycles. The van der Waals surface area contributed by atoms with E-state index in [1.807, 2.05) is 54.5 Å². The van der Waals surface area contributed by atoms with Crippen LogP contribution in [0.5, 0.6) is 0 Å². The second-order valence-electron chi connectivity index (χ2n) is 11.9. The number of nitrogens with zero attached hydrogens (tertiary/aromatic N) is 3. The van der Waals surface area contributed by atoms with Crippen LogP contribution < -0.4 is 10.6 Å². The SMILES string of the molecule is CCCNCc1ncc(-c2ccc(-c3ccc(-c4cnc(C5CCCN5C(=O)C(NC(=O)CCC)c5ccccc5)s4)cc3)cc2)s1. The Kier molecular flexibility index (Phi) is 10.9. The predicted molar refractivity (Wildman–Crippen MR) is 192 cm³/mol. The first-order valence-electron chi connectivity index (χ1n) is 16.5. The van der Waals surface area contributed by atoms with Gasteiger partial charge >= 0.3 is 0 Å². The fourth-order valence-electron chi connectivity index (χ4n) is 5.97. The Balaban J connectivity index is 1.13. The van der Waals surface area contributed by atoms with Gasteiger partial charge in [-0.05, 0) is 60.0 Å². The summed E-state index contributed by atoms with van der Waals surface area (Å²) in [4.78, 5) is 40.1. The zero-order valence-corrected chi connectivity index (χ0v) is 28.6. The van der Waals surface area contributed by atoms with E-state index >= 15 is 0 Å². The van der Waals surface area contributed by atoms with Crippen LogP contribution in [-0.2, 0) is 16.1 Å². The first kappa shape index (κ1) is 32.7. The lowest BCUT2D eigenvalue weighted by atomic mass is 10.0. The molecule has 1 aliphatic heterocycles. The molecule has 47 heavy (non-hydrogen) atoms.